The van der Waals surface area contributed by atoms with E-state index in [1.807, 2.05) is 30.3 Å². The highest BCUT2D eigenvalue weighted by molar-refractivity contribution is 6.30. The van der Waals surface area contributed by atoms with Crippen molar-refractivity contribution in [1.82, 2.24) is 29.1 Å². The van der Waals surface area contributed by atoms with Crippen molar-refractivity contribution in [2.24, 2.45) is 0 Å². The first-order valence-electron chi connectivity index (χ1n) is 9.77. The van der Waals surface area contributed by atoms with Crippen molar-refractivity contribution < 1.29 is 4.74 Å². The number of halogens is 1. The van der Waals surface area contributed by atoms with Crippen molar-refractivity contribution in [3.8, 4) is 11.1 Å². The molecule has 8 nitrogen and oxygen atoms in total. The summed E-state index contributed by atoms with van der Waals surface area (Å²) in [4.78, 5) is 24.7. The molecule has 9 heteroatoms. The van der Waals surface area contributed by atoms with Gasteiger partial charge in [-0.25, -0.2) is 14.5 Å². The number of fused-ring (bicyclic) bond motifs is 3. The molecule has 0 bridgehead atoms. The summed E-state index contributed by atoms with van der Waals surface area (Å²) in [6, 6.07) is 9.41. The molecular weight excluding hydrogens is 416 g/mol. The molecule has 4 aromatic heterocycles. The van der Waals surface area contributed by atoms with E-state index < -0.39 is 0 Å². The number of aromatic amines is 1. The first kappa shape index (κ1) is 19.5. The highest BCUT2D eigenvalue weighted by Gasteiger charge is 2.18. The third-order valence-electron chi connectivity index (χ3n) is 5.25. The second kappa shape index (κ2) is 7.98. The van der Waals surface area contributed by atoms with Gasteiger partial charge in [-0.1, -0.05) is 23.7 Å². The summed E-state index contributed by atoms with van der Waals surface area (Å²) < 4.78 is 8.76. The predicted octanol–water partition coefficient (Wildman–Crippen LogP) is 3.48. The molecular formula is C22H19ClN6O2. The first-order valence-corrected chi connectivity index (χ1v) is 10.2. The van der Waals surface area contributed by atoms with E-state index in [0.29, 0.717) is 41.1 Å². The standard InChI is InChI=1S/C22H19ClN6O2/c1-31-12-18-20(14-2-4-15(23)5-3-14)21-25-11-17-19(29(21)27-18)7-9-28(22(17)30)8-6-16-10-24-13-26-16/h2-5,7,9-11,13H,6,8,12H2,1H3,(H,24,26). The van der Waals surface area contributed by atoms with Crippen molar-refractivity contribution in [3.05, 3.63) is 82.0 Å². The Bertz CT molecular complexity index is 1420. The summed E-state index contributed by atoms with van der Waals surface area (Å²) in [7, 11) is 1.62. The number of methoxy groups -OCH3 is 1. The molecule has 0 saturated carbocycles. The Balaban J connectivity index is 1.64. The second-order valence-electron chi connectivity index (χ2n) is 7.20. The van der Waals surface area contributed by atoms with Gasteiger partial charge in [-0.15, -0.1) is 0 Å². The van der Waals surface area contributed by atoms with E-state index in [-0.39, 0.29) is 5.56 Å². The molecule has 0 amide bonds. The maximum Gasteiger partial charge on any atom is 0.261 e. The van der Waals surface area contributed by atoms with Crippen molar-refractivity contribution in [3.63, 3.8) is 0 Å². The molecule has 0 fully saturated rings. The van der Waals surface area contributed by atoms with Crippen LogP contribution in [0.1, 0.15) is 11.4 Å². The van der Waals surface area contributed by atoms with Gasteiger partial charge in [0.05, 0.1) is 35.1 Å². The van der Waals surface area contributed by atoms with Gasteiger partial charge in [0.1, 0.15) is 0 Å². The maximum absolute atomic E-state index is 13.1. The first-order chi connectivity index (χ1) is 15.2. The molecule has 5 rings (SSSR count). The highest BCUT2D eigenvalue weighted by atomic mass is 35.5. The lowest BCUT2D eigenvalue weighted by Crippen LogP contribution is -2.21. The van der Waals surface area contributed by atoms with Gasteiger partial charge in [0.2, 0.25) is 0 Å². The molecule has 0 spiro atoms. The highest BCUT2D eigenvalue weighted by Crippen LogP contribution is 2.30. The number of nitrogens with zero attached hydrogens (tertiary/aromatic N) is 5. The van der Waals surface area contributed by atoms with Crippen LogP contribution in [0.25, 0.3) is 27.7 Å². The number of hydrogen-bond acceptors (Lipinski definition) is 5. The maximum atomic E-state index is 13.1. The summed E-state index contributed by atoms with van der Waals surface area (Å²) >= 11 is 6.06. The number of benzene rings is 1. The van der Waals surface area contributed by atoms with Gasteiger partial charge in [-0.2, -0.15) is 5.10 Å². The number of H-pyrrole nitrogens is 1. The predicted molar refractivity (Wildman–Crippen MR) is 118 cm³/mol. The molecule has 0 radical (unpaired) electrons. The fourth-order valence-corrected chi connectivity index (χ4v) is 3.87. The number of nitrogens with one attached hydrogen (secondary N) is 1. The summed E-state index contributed by atoms with van der Waals surface area (Å²) in [5, 5.41) is 5.88. The Morgan fingerprint density at radius 2 is 2.00 bits per heavy atom. The molecule has 0 aliphatic heterocycles. The van der Waals surface area contributed by atoms with Crippen LogP contribution in [0.2, 0.25) is 5.02 Å². The van der Waals surface area contributed by atoms with Crippen LogP contribution in [0, 0.1) is 0 Å². The van der Waals surface area contributed by atoms with Gasteiger partial charge >= 0.3 is 0 Å². The van der Waals surface area contributed by atoms with Crippen LogP contribution in [0.3, 0.4) is 0 Å². The smallest absolute Gasteiger partial charge is 0.261 e. The van der Waals surface area contributed by atoms with Crippen molar-refractivity contribution in [2.75, 3.05) is 7.11 Å². The van der Waals surface area contributed by atoms with Crippen molar-refractivity contribution in [2.45, 2.75) is 19.6 Å². The molecule has 0 unspecified atom stereocenters. The third-order valence-corrected chi connectivity index (χ3v) is 5.50. The molecule has 156 valence electrons. The van der Waals surface area contributed by atoms with E-state index in [4.69, 9.17) is 21.4 Å². The van der Waals surface area contributed by atoms with Crippen molar-refractivity contribution in [1.29, 1.82) is 0 Å². The molecule has 1 aromatic carbocycles. The van der Waals surface area contributed by atoms with E-state index >= 15 is 0 Å². The van der Waals surface area contributed by atoms with E-state index in [0.717, 1.165) is 22.5 Å². The van der Waals surface area contributed by atoms with Crippen LogP contribution in [0.4, 0.5) is 0 Å². The minimum absolute atomic E-state index is 0.108. The topological polar surface area (TPSA) is 90.1 Å². The molecule has 0 aliphatic carbocycles. The lowest BCUT2D eigenvalue weighted by atomic mass is 10.1. The number of aromatic nitrogens is 6. The molecule has 4 heterocycles. The summed E-state index contributed by atoms with van der Waals surface area (Å²) in [6.07, 6.45) is 7.49. The Morgan fingerprint density at radius 1 is 1.16 bits per heavy atom. The Morgan fingerprint density at radius 3 is 2.74 bits per heavy atom. The lowest BCUT2D eigenvalue weighted by Gasteiger charge is -2.07. The quantitative estimate of drug-likeness (QED) is 0.442. The molecule has 1 N–H and O–H groups in total. The Hall–Kier alpha value is -3.49. The van der Waals surface area contributed by atoms with Crippen LogP contribution in [-0.4, -0.2) is 36.2 Å². The number of pyridine rings is 1. The number of aryl methyl sites for hydroxylation is 2. The van der Waals surface area contributed by atoms with Gasteiger partial charge in [0.15, 0.2) is 5.65 Å². The van der Waals surface area contributed by atoms with Crippen molar-refractivity contribution >= 4 is 28.2 Å². The van der Waals surface area contributed by atoms with Gasteiger partial charge < -0.3 is 14.3 Å². The van der Waals surface area contributed by atoms with Crippen LogP contribution in [0.15, 0.2) is 60.0 Å². The number of hydrogen-bond donors (Lipinski definition) is 1. The number of rotatable bonds is 6. The summed E-state index contributed by atoms with van der Waals surface area (Å²) in [5.41, 5.74) is 4.78. The van der Waals surface area contributed by atoms with Crippen LogP contribution < -0.4 is 5.56 Å². The van der Waals surface area contributed by atoms with E-state index in [2.05, 4.69) is 15.0 Å². The zero-order valence-corrected chi connectivity index (χ0v) is 17.5. The lowest BCUT2D eigenvalue weighted by molar-refractivity contribution is 0.181. The zero-order chi connectivity index (χ0) is 21.4. The average Bonchev–Trinajstić information content (AvgIpc) is 3.42. The SMILES string of the molecule is COCc1nn2c(ncc3c(=O)n(CCc4cnc[nH]4)ccc32)c1-c1ccc(Cl)cc1. The largest absolute Gasteiger partial charge is 0.378 e. The molecule has 0 atom stereocenters. The van der Waals surface area contributed by atoms with E-state index in [1.165, 1.54) is 0 Å². The monoisotopic (exact) mass is 434 g/mol. The molecule has 5 aromatic rings. The van der Waals surface area contributed by atoms with Gasteiger partial charge in [-0.05, 0) is 23.8 Å². The number of ether oxygens (including phenoxy) is 1. The second-order valence-corrected chi connectivity index (χ2v) is 7.63. The van der Waals surface area contributed by atoms with Gasteiger partial charge in [0, 0.05) is 49.4 Å². The normalized spacial score (nSPS) is 11.5. The van der Waals surface area contributed by atoms with Gasteiger partial charge in [0.25, 0.3) is 5.56 Å². The summed E-state index contributed by atoms with van der Waals surface area (Å²) in [5.74, 6) is 0. The average molecular weight is 435 g/mol. The Kier molecular flexibility index (Phi) is 5.01. The summed E-state index contributed by atoms with van der Waals surface area (Å²) in [6.45, 7) is 0.864. The van der Waals surface area contributed by atoms with Crippen LogP contribution >= 0.6 is 11.6 Å². The number of imidazole rings is 1. The van der Waals surface area contributed by atoms with Gasteiger partial charge in [-0.3, -0.25) is 4.79 Å². The zero-order valence-electron chi connectivity index (χ0n) is 16.7. The van der Waals surface area contributed by atoms with Crippen LogP contribution in [0.5, 0.6) is 0 Å². The van der Waals surface area contributed by atoms with Crippen LogP contribution in [-0.2, 0) is 24.3 Å². The van der Waals surface area contributed by atoms with E-state index in [1.54, 1.807) is 41.1 Å². The minimum atomic E-state index is -0.108. The molecule has 31 heavy (non-hydrogen) atoms. The fourth-order valence-electron chi connectivity index (χ4n) is 3.74. The molecule has 0 saturated heterocycles. The van der Waals surface area contributed by atoms with E-state index in [9.17, 15) is 4.79 Å². The molecule has 0 aliphatic rings. The minimum Gasteiger partial charge on any atom is -0.378 e. The fraction of sp³-hybridized carbons (Fsp3) is 0.182. The Labute approximate surface area is 182 Å². The third kappa shape index (κ3) is 3.49.